The van der Waals surface area contributed by atoms with Gasteiger partial charge >= 0.3 is 0 Å². The van der Waals surface area contributed by atoms with Crippen LogP contribution in [0.2, 0.25) is 5.02 Å². The molecule has 0 radical (unpaired) electrons. The van der Waals surface area contributed by atoms with Crippen LogP contribution in [0, 0.1) is 0 Å². The van der Waals surface area contributed by atoms with Gasteiger partial charge in [-0.3, -0.25) is 9.69 Å². The van der Waals surface area contributed by atoms with Gasteiger partial charge in [-0.1, -0.05) is 35.9 Å². The fourth-order valence-corrected chi connectivity index (χ4v) is 4.94. The van der Waals surface area contributed by atoms with Crippen LogP contribution in [0.5, 0.6) is 0 Å². The summed E-state index contributed by atoms with van der Waals surface area (Å²) in [6.07, 6.45) is 0. The van der Waals surface area contributed by atoms with E-state index in [0.29, 0.717) is 29.6 Å². The molecule has 2 aromatic carbocycles. The number of hydrogen-bond donors (Lipinski definition) is 0. The molecule has 5 nitrogen and oxygen atoms in total. The number of thiazole rings is 1. The molecular formula is C23H20ClN3O2S. The van der Waals surface area contributed by atoms with Gasteiger partial charge in [0.1, 0.15) is 10.8 Å². The summed E-state index contributed by atoms with van der Waals surface area (Å²) in [6.45, 7) is 3.80. The molecular weight excluding hydrogens is 418 g/mol. The van der Waals surface area contributed by atoms with E-state index in [1.54, 1.807) is 23.5 Å². The first-order chi connectivity index (χ1) is 14.7. The van der Waals surface area contributed by atoms with Crippen LogP contribution in [0.3, 0.4) is 0 Å². The highest BCUT2D eigenvalue weighted by atomic mass is 35.5. The van der Waals surface area contributed by atoms with E-state index in [0.717, 1.165) is 35.7 Å². The third-order valence-electron chi connectivity index (χ3n) is 5.31. The number of furan rings is 1. The molecule has 1 aliphatic rings. The van der Waals surface area contributed by atoms with Crippen molar-refractivity contribution in [2.75, 3.05) is 26.2 Å². The Morgan fingerprint density at radius 1 is 1.00 bits per heavy atom. The third-order valence-corrected chi connectivity index (χ3v) is 6.66. The Kier molecular flexibility index (Phi) is 5.29. The summed E-state index contributed by atoms with van der Waals surface area (Å²) < 4.78 is 7.04. The van der Waals surface area contributed by atoms with Gasteiger partial charge in [0, 0.05) is 31.7 Å². The molecule has 152 valence electrons. The summed E-state index contributed by atoms with van der Waals surface area (Å²) >= 11 is 7.98. The number of para-hydroxylation sites is 1. The van der Waals surface area contributed by atoms with Gasteiger partial charge in [-0.2, -0.15) is 0 Å². The van der Waals surface area contributed by atoms with Gasteiger partial charge in [-0.15, -0.1) is 11.3 Å². The fraction of sp³-hybridized carbons (Fsp3) is 0.217. The molecule has 2 aromatic heterocycles. The molecule has 0 saturated carbocycles. The lowest BCUT2D eigenvalue weighted by molar-refractivity contribution is 0.0598. The van der Waals surface area contributed by atoms with E-state index in [2.05, 4.69) is 11.0 Å². The van der Waals surface area contributed by atoms with Gasteiger partial charge in [0.05, 0.1) is 21.8 Å². The van der Waals surface area contributed by atoms with Crippen molar-refractivity contribution in [2.24, 2.45) is 0 Å². The topological polar surface area (TPSA) is 49.6 Å². The van der Waals surface area contributed by atoms with Crippen LogP contribution >= 0.6 is 22.9 Å². The number of piperazine rings is 1. The predicted molar refractivity (Wildman–Crippen MR) is 120 cm³/mol. The number of benzene rings is 2. The molecule has 30 heavy (non-hydrogen) atoms. The lowest BCUT2D eigenvalue weighted by atomic mass is 10.2. The number of carbonyl (C=O) groups is 1. The molecule has 7 heteroatoms. The lowest BCUT2D eigenvalue weighted by Gasteiger charge is -2.33. The van der Waals surface area contributed by atoms with Crippen molar-refractivity contribution in [3.05, 3.63) is 76.5 Å². The molecule has 3 heterocycles. The minimum Gasteiger partial charge on any atom is -0.451 e. The van der Waals surface area contributed by atoms with E-state index in [4.69, 9.17) is 21.0 Å². The van der Waals surface area contributed by atoms with Crippen molar-refractivity contribution in [1.29, 1.82) is 0 Å². The maximum absolute atomic E-state index is 12.9. The van der Waals surface area contributed by atoms with E-state index in [1.165, 1.54) is 4.70 Å². The van der Waals surface area contributed by atoms with Gasteiger partial charge in [0.15, 0.2) is 5.76 Å². The van der Waals surface area contributed by atoms with Crippen LogP contribution in [-0.4, -0.2) is 46.9 Å². The molecule has 1 amide bonds. The molecule has 0 unspecified atom stereocenters. The third kappa shape index (κ3) is 3.86. The molecule has 0 atom stereocenters. The van der Waals surface area contributed by atoms with Crippen LogP contribution < -0.4 is 0 Å². The van der Waals surface area contributed by atoms with Crippen molar-refractivity contribution in [3.8, 4) is 11.3 Å². The zero-order valence-electron chi connectivity index (χ0n) is 16.3. The maximum Gasteiger partial charge on any atom is 0.289 e. The van der Waals surface area contributed by atoms with Gasteiger partial charge < -0.3 is 9.32 Å². The van der Waals surface area contributed by atoms with Gasteiger partial charge in [0.25, 0.3) is 5.91 Å². The van der Waals surface area contributed by atoms with Crippen molar-refractivity contribution < 1.29 is 9.21 Å². The van der Waals surface area contributed by atoms with E-state index < -0.39 is 0 Å². The summed E-state index contributed by atoms with van der Waals surface area (Å²) in [6, 6.07) is 19.2. The second-order valence-corrected chi connectivity index (χ2v) is 8.81. The van der Waals surface area contributed by atoms with Gasteiger partial charge in [-0.25, -0.2) is 4.98 Å². The van der Waals surface area contributed by atoms with Gasteiger partial charge in [-0.05, 0) is 36.4 Å². The standard InChI is InChI=1S/C23H20ClN3O2S/c24-17-6-2-1-5-16(17)19-9-10-20(29-19)23(28)27-13-11-26(12-14-27)15-22-25-18-7-3-4-8-21(18)30-22/h1-10H,11-15H2. The Morgan fingerprint density at radius 2 is 1.77 bits per heavy atom. The molecule has 0 bridgehead atoms. The van der Waals surface area contributed by atoms with Crippen molar-refractivity contribution >= 4 is 39.1 Å². The lowest BCUT2D eigenvalue weighted by Crippen LogP contribution is -2.48. The number of nitrogens with zero attached hydrogens (tertiary/aromatic N) is 3. The minimum atomic E-state index is -0.0760. The molecule has 5 rings (SSSR count). The first-order valence-electron chi connectivity index (χ1n) is 9.88. The first-order valence-corrected chi connectivity index (χ1v) is 11.1. The second kappa shape index (κ2) is 8.22. The number of carbonyl (C=O) groups excluding carboxylic acids is 1. The Hall–Kier alpha value is -2.67. The highest BCUT2D eigenvalue weighted by Gasteiger charge is 2.25. The number of aromatic nitrogens is 1. The summed E-state index contributed by atoms with van der Waals surface area (Å²) in [5.74, 6) is 0.885. The Bertz CT molecular complexity index is 1160. The van der Waals surface area contributed by atoms with Crippen LogP contribution in [0.25, 0.3) is 21.5 Å². The molecule has 0 N–H and O–H groups in total. The fourth-order valence-electron chi connectivity index (χ4n) is 3.70. The summed E-state index contributed by atoms with van der Waals surface area (Å²) in [5.41, 5.74) is 1.84. The zero-order chi connectivity index (χ0) is 20.5. The normalized spacial score (nSPS) is 15.0. The maximum atomic E-state index is 12.9. The SMILES string of the molecule is O=C(c1ccc(-c2ccccc2Cl)o1)N1CCN(Cc2nc3ccccc3s2)CC1. The largest absolute Gasteiger partial charge is 0.451 e. The number of amides is 1. The predicted octanol–water partition coefficient (Wildman–Crippen LogP) is 5.17. The van der Waals surface area contributed by atoms with Crippen molar-refractivity contribution in [1.82, 2.24) is 14.8 Å². The van der Waals surface area contributed by atoms with Gasteiger partial charge in [0.2, 0.25) is 0 Å². The van der Waals surface area contributed by atoms with E-state index >= 15 is 0 Å². The summed E-state index contributed by atoms with van der Waals surface area (Å²) in [5, 5.41) is 1.72. The van der Waals surface area contributed by atoms with Crippen LogP contribution in [-0.2, 0) is 6.54 Å². The Morgan fingerprint density at radius 3 is 2.57 bits per heavy atom. The average Bonchev–Trinajstić information content (AvgIpc) is 3.41. The smallest absolute Gasteiger partial charge is 0.289 e. The monoisotopic (exact) mass is 437 g/mol. The average molecular weight is 438 g/mol. The van der Waals surface area contributed by atoms with Crippen LogP contribution in [0.15, 0.2) is 65.1 Å². The number of rotatable bonds is 4. The number of hydrogen-bond acceptors (Lipinski definition) is 5. The zero-order valence-corrected chi connectivity index (χ0v) is 17.8. The quantitative estimate of drug-likeness (QED) is 0.442. The molecule has 1 aliphatic heterocycles. The van der Waals surface area contributed by atoms with Crippen LogP contribution in [0.1, 0.15) is 15.6 Å². The van der Waals surface area contributed by atoms with E-state index in [1.807, 2.05) is 47.4 Å². The number of halogens is 1. The molecule has 4 aromatic rings. The summed E-state index contributed by atoms with van der Waals surface area (Å²) in [7, 11) is 0. The highest BCUT2D eigenvalue weighted by molar-refractivity contribution is 7.18. The number of fused-ring (bicyclic) bond motifs is 1. The molecule has 0 spiro atoms. The highest BCUT2D eigenvalue weighted by Crippen LogP contribution is 2.29. The first kappa shape index (κ1) is 19.3. The Labute approximate surface area is 183 Å². The minimum absolute atomic E-state index is 0.0760. The molecule has 0 aliphatic carbocycles. The van der Waals surface area contributed by atoms with E-state index in [9.17, 15) is 4.79 Å². The van der Waals surface area contributed by atoms with Crippen molar-refractivity contribution in [3.63, 3.8) is 0 Å². The summed E-state index contributed by atoms with van der Waals surface area (Å²) in [4.78, 5) is 21.8. The van der Waals surface area contributed by atoms with Crippen LogP contribution in [0.4, 0.5) is 0 Å². The molecule has 1 saturated heterocycles. The van der Waals surface area contributed by atoms with Crippen molar-refractivity contribution in [2.45, 2.75) is 6.54 Å². The second-order valence-electron chi connectivity index (χ2n) is 7.29. The van der Waals surface area contributed by atoms with E-state index in [-0.39, 0.29) is 5.91 Å². The molecule has 1 fully saturated rings. The Balaban J connectivity index is 1.21.